The van der Waals surface area contributed by atoms with Crippen LogP contribution in [0.5, 0.6) is 0 Å². The lowest BCUT2D eigenvalue weighted by atomic mass is 10.1. The van der Waals surface area contributed by atoms with Crippen molar-refractivity contribution < 1.29 is 4.79 Å². The van der Waals surface area contributed by atoms with Gasteiger partial charge in [0.2, 0.25) is 5.91 Å². The summed E-state index contributed by atoms with van der Waals surface area (Å²) in [6.45, 7) is 5.45. The number of benzene rings is 1. The van der Waals surface area contributed by atoms with Gasteiger partial charge in [-0.3, -0.25) is 4.79 Å². The fourth-order valence-corrected chi connectivity index (χ4v) is 1.66. The van der Waals surface area contributed by atoms with Crippen LogP contribution < -0.4 is 11.1 Å². The molecule has 3 nitrogen and oxygen atoms in total. The van der Waals surface area contributed by atoms with Crippen LogP contribution in [0, 0.1) is 5.92 Å². The molecule has 0 heterocycles. The minimum atomic E-state index is 0.106. The van der Waals surface area contributed by atoms with Gasteiger partial charge in [-0.2, -0.15) is 0 Å². The lowest BCUT2D eigenvalue weighted by Gasteiger charge is -2.10. The van der Waals surface area contributed by atoms with Crippen molar-refractivity contribution in [1.29, 1.82) is 0 Å². The number of rotatable bonds is 7. The lowest BCUT2D eigenvalue weighted by molar-refractivity contribution is -0.121. The average molecular weight is 248 g/mol. The van der Waals surface area contributed by atoms with Crippen LogP contribution in [0.1, 0.15) is 31.4 Å². The van der Waals surface area contributed by atoms with Crippen LogP contribution in [0.25, 0.3) is 0 Å². The predicted molar refractivity (Wildman–Crippen MR) is 75.4 cm³/mol. The standard InChI is InChI=1S/C15H24N2O/c1-3-13-4-6-14(7-5-13)8-9-15(18)17-11-12(2)10-16/h4-7,12H,3,8-11,16H2,1-2H3,(H,17,18). The summed E-state index contributed by atoms with van der Waals surface area (Å²) >= 11 is 0. The molecule has 1 atom stereocenters. The van der Waals surface area contributed by atoms with Crippen LogP contribution in [-0.2, 0) is 17.6 Å². The average Bonchev–Trinajstić information content (AvgIpc) is 2.42. The number of amides is 1. The van der Waals surface area contributed by atoms with Gasteiger partial charge in [0.25, 0.3) is 0 Å². The molecule has 0 saturated carbocycles. The summed E-state index contributed by atoms with van der Waals surface area (Å²) < 4.78 is 0. The summed E-state index contributed by atoms with van der Waals surface area (Å²) in [5.41, 5.74) is 8.05. The second kappa shape index (κ2) is 7.88. The summed E-state index contributed by atoms with van der Waals surface area (Å²) in [6.07, 6.45) is 2.40. The van der Waals surface area contributed by atoms with E-state index in [-0.39, 0.29) is 5.91 Å². The van der Waals surface area contributed by atoms with Crippen molar-refractivity contribution in [2.75, 3.05) is 13.1 Å². The van der Waals surface area contributed by atoms with E-state index in [0.29, 0.717) is 25.4 Å². The number of aryl methyl sites for hydroxylation is 2. The van der Waals surface area contributed by atoms with Crippen molar-refractivity contribution in [3.8, 4) is 0 Å². The Morgan fingerprint density at radius 1 is 1.28 bits per heavy atom. The maximum absolute atomic E-state index is 11.6. The highest BCUT2D eigenvalue weighted by Crippen LogP contribution is 2.07. The largest absolute Gasteiger partial charge is 0.356 e. The smallest absolute Gasteiger partial charge is 0.220 e. The van der Waals surface area contributed by atoms with Gasteiger partial charge in [-0.1, -0.05) is 38.1 Å². The van der Waals surface area contributed by atoms with E-state index in [9.17, 15) is 4.79 Å². The zero-order valence-corrected chi connectivity index (χ0v) is 11.4. The Labute approximate surface area is 110 Å². The molecule has 0 aliphatic rings. The number of hydrogen-bond donors (Lipinski definition) is 2. The molecule has 0 radical (unpaired) electrons. The van der Waals surface area contributed by atoms with E-state index in [1.165, 1.54) is 11.1 Å². The molecule has 1 unspecified atom stereocenters. The molecular weight excluding hydrogens is 224 g/mol. The van der Waals surface area contributed by atoms with Gasteiger partial charge in [-0.15, -0.1) is 0 Å². The Balaban J connectivity index is 2.29. The third-order valence-corrected chi connectivity index (χ3v) is 3.12. The summed E-state index contributed by atoms with van der Waals surface area (Å²) in [6, 6.07) is 8.47. The highest BCUT2D eigenvalue weighted by molar-refractivity contribution is 5.76. The molecule has 1 rings (SSSR count). The molecule has 0 bridgehead atoms. The van der Waals surface area contributed by atoms with Crippen LogP contribution in [0.3, 0.4) is 0 Å². The maximum Gasteiger partial charge on any atom is 0.220 e. The fourth-order valence-electron chi connectivity index (χ4n) is 1.66. The monoisotopic (exact) mass is 248 g/mol. The molecule has 3 heteroatoms. The van der Waals surface area contributed by atoms with E-state index in [0.717, 1.165) is 12.8 Å². The number of carbonyl (C=O) groups excluding carboxylic acids is 1. The van der Waals surface area contributed by atoms with E-state index < -0.39 is 0 Å². The van der Waals surface area contributed by atoms with Crippen molar-refractivity contribution in [1.82, 2.24) is 5.32 Å². The van der Waals surface area contributed by atoms with Crippen molar-refractivity contribution >= 4 is 5.91 Å². The van der Waals surface area contributed by atoms with Crippen molar-refractivity contribution in [3.63, 3.8) is 0 Å². The van der Waals surface area contributed by atoms with Gasteiger partial charge in [0.15, 0.2) is 0 Å². The first-order valence-corrected chi connectivity index (χ1v) is 6.70. The molecule has 0 aliphatic heterocycles. The summed E-state index contributed by atoms with van der Waals surface area (Å²) in [7, 11) is 0. The van der Waals surface area contributed by atoms with Gasteiger partial charge in [0.05, 0.1) is 0 Å². The van der Waals surface area contributed by atoms with Gasteiger partial charge in [0, 0.05) is 13.0 Å². The van der Waals surface area contributed by atoms with Crippen molar-refractivity contribution in [2.45, 2.75) is 33.1 Å². The van der Waals surface area contributed by atoms with Crippen LogP contribution in [-0.4, -0.2) is 19.0 Å². The Morgan fingerprint density at radius 3 is 2.44 bits per heavy atom. The first-order chi connectivity index (χ1) is 8.65. The topological polar surface area (TPSA) is 55.1 Å². The van der Waals surface area contributed by atoms with Gasteiger partial charge in [-0.25, -0.2) is 0 Å². The fraction of sp³-hybridized carbons (Fsp3) is 0.533. The number of nitrogens with two attached hydrogens (primary N) is 1. The summed E-state index contributed by atoms with van der Waals surface area (Å²) in [5, 5.41) is 2.91. The molecule has 0 fully saturated rings. The zero-order chi connectivity index (χ0) is 13.4. The lowest BCUT2D eigenvalue weighted by Crippen LogP contribution is -2.31. The normalized spacial score (nSPS) is 12.2. The second-order valence-electron chi connectivity index (χ2n) is 4.82. The highest BCUT2D eigenvalue weighted by atomic mass is 16.1. The second-order valence-corrected chi connectivity index (χ2v) is 4.82. The first-order valence-electron chi connectivity index (χ1n) is 6.70. The third-order valence-electron chi connectivity index (χ3n) is 3.12. The van der Waals surface area contributed by atoms with Crippen LogP contribution in [0.2, 0.25) is 0 Å². The Morgan fingerprint density at radius 2 is 1.89 bits per heavy atom. The number of carbonyl (C=O) groups is 1. The van der Waals surface area contributed by atoms with E-state index in [4.69, 9.17) is 5.73 Å². The van der Waals surface area contributed by atoms with Crippen molar-refractivity contribution in [3.05, 3.63) is 35.4 Å². The molecule has 0 spiro atoms. The van der Waals surface area contributed by atoms with E-state index in [2.05, 4.69) is 36.5 Å². The number of hydrogen-bond acceptors (Lipinski definition) is 2. The SMILES string of the molecule is CCc1ccc(CCC(=O)NCC(C)CN)cc1. The van der Waals surface area contributed by atoms with E-state index in [1.807, 2.05) is 6.92 Å². The van der Waals surface area contributed by atoms with E-state index in [1.54, 1.807) is 0 Å². The number of nitrogens with one attached hydrogen (secondary N) is 1. The Bertz CT molecular complexity index is 359. The molecule has 1 aromatic rings. The van der Waals surface area contributed by atoms with Crippen LogP contribution in [0.15, 0.2) is 24.3 Å². The van der Waals surface area contributed by atoms with Gasteiger partial charge >= 0.3 is 0 Å². The Kier molecular flexibility index (Phi) is 6.44. The van der Waals surface area contributed by atoms with Crippen LogP contribution in [0.4, 0.5) is 0 Å². The molecule has 100 valence electrons. The van der Waals surface area contributed by atoms with Gasteiger partial charge in [-0.05, 0) is 36.4 Å². The summed E-state index contributed by atoms with van der Waals surface area (Å²) in [5.74, 6) is 0.452. The molecule has 1 amide bonds. The molecule has 0 aliphatic carbocycles. The Hall–Kier alpha value is -1.35. The molecule has 18 heavy (non-hydrogen) atoms. The zero-order valence-electron chi connectivity index (χ0n) is 11.4. The highest BCUT2D eigenvalue weighted by Gasteiger charge is 2.04. The van der Waals surface area contributed by atoms with Gasteiger partial charge < -0.3 is 11.1 Å². The first kappa shape index (κ1) is 14.7. The molecule has 3 N–H and O–H groups in total. The van der Waals surface area contributed by atoms with Crippen LogP contribution >= 0.6 is 0 Å². The van der Waals surface area contributed by atoms with Crippen molar-refractivity contribution in [2.24, 2.45) is 11.7 Å². The predicted octanol–water partition coefficient (Wildman–Crippen LogP) is 1.89. The molecular formula is C15H24N2O. The minimum Gasteiger partial charge on any atom is -0.356 e. The van der Waals surface area contributed by atoms with Gasteiger partial charge in [0.1, 0.15) is 0 Å². The quantitative estimate of drug-likeness (QED) is 0.774. The summed E-state index contributed by atoms with van der Waals surface area (Å²) in [4.78, 5) is 11.6. The molecule has 0 saturated heterocycles. The molecule has 1 aromatic carbocycles. The third kappa shape index (κ3) is 5.32. The minimum absolute atomic E-state index is 0.106. The maximum atomic E-state index is 11.6. The molecule has 0 aromatic heterocycles. The van der Waals surface area contributed by atoms with E-state index >= 15 is 0 Å².